The van der Waals surface area contributed by atoms with Crippen LogP contribution in [0.4, 0.5) is 0 Å². The minimum Gasteiger partial charge on any atom is -0.466 e. The molecule has 0 aromatic heterocycles. The number of hydrogen-bond acceptors (Lipinski definition) is 5. The van der Waals surface area contributed by atoms with Gasteiger partial charge in [-0.2, -0.15) is 0 Å². The molecule has 0 heterocycles. The summed E-state index contributed by atoms with van der Waals surface area (Å²) >= 11 is 0. The first-order valence-electron chi connectivity index (χ1n) is 25.1. The molecule has 6 heteroatoms. The van der Waals surface area contributed by atoms with Gasteiger partial charge in [0.1, 0.15) is 0 Å². The molecular formula is C51H97NO5. The van der Waals surface area contributed by atoms with Crippen molar-refractivity contribution in [3.05, 3.63) is 24.3 Å². The molecule has 0 aromatic carbocycles. The van der Waals surface area contributed by atoms with Crippen LogP contribution in [0, 0.1) is 0 Å². The number of unbranched alkanes of at least 4 members (excludes halogenated alkanes) is 31. The van der Waals surface area contributed by atoms with E-state index in [1.54, 1.807) is 0 Å². The van der Waals surface area contributed by atoms with Gasteiger partial charge in [0.05, 0.1) is 25.4 Å². The molecular weight excluding hydrogens is 707 g/mol. The molecule has 1 amide bonds. The van der Waals surface area contributed by atoms with Crippen LogP contribution in [0.15, 0.2) is 24.3 Å². The molecule has 0 aromatic rings. The maximum absolute atomic E-state index is 12.4. The number of allylic oxidation sites excluding steroid dienone is 4. The van der Waals surface area contributed by atoms with Gasteiger partial charge in [-0.25, -0.2) is 0 Å². The standard InChI is InChI=1S/C51H97NO5/c1-3-5-7-9-11-13-15-17-20-23-27-31-35-39-43-49(54)48(47-53)52-50(55)44-40-36-32-28-24-21-18-22-26-30-34-38-42-46-57-51(56)45-41-37-33-29-25-19-16-14-12-10-8-6-4-2/h8,10,14,16,48-49,53-54H,3-7,9,11-13,15,17-47H2,1-2H3,(H,52,55)/b10-8-,16-14-. The zero-order chi connectivity index (χ0) is 41.5. The lowest BCUT2D eigenvalue weighted by Gasteiger charge is -2.22. The summed E-state index contributed by atoms with van der Waals surface area (Å²) in [6.07, 6.45) is 54.2. The average Bonchev–Trinajstić information content (AvgIpc) is 3.21. The molecule has 2 atom stereocenters. The van der Waals surface area contributed by atoms with Crippen molar-refractivity contribution in [3.8, 4) is 0 Å². The van der Waals surface area contributed by atoms with Gasteiger partial charge >= 0.3 is 5.97 Å². The van der Waals surface area contributed by atoms with E-state index >= 15 is 0 Å². The number of hydrogen-bond donors (Lipinski definition) is 3. The zero-order valence-electron chi connectivity index (χ0n) is 38.1. The molecule has 0 rings (SSSR count). The predicted molar refractivity (Wildman–Crippen MR) is 246 cm³/mol. The van der Waals surface area contributed by atoms with Crippen molar-refractivity contribution in [2.75, 3.05) is 13.2 Å². The minimum atomic E-state index is -0.672. The number of amides is 1. The van der Waals surface area contributed by atoms with E-state index in [2.05, 4.69) is 43.5 Å². The lowest BCUT2D eigenvalue weighted by Crippen LogP contribution is -2.45. The van der Waals surface area contributed by atoms with E-state index < -0.39 is 12.1 Å². The lowest BCUT2D eigenvalue weighted by molar-refractivity contribution is -0.143. The Kier molecular flexibility index (Phi) is 45.7. The van der Waals surface area contributed by atoms with Crippen molar-refractivity contribution < 1.29 is 24.5 Å². The van der Waals surface area contributed by atoms with Crippen LogP contribution in [0.25, 0.3) is 0 Å². The topological polar surface area (TPSA) is 95.9 Å². The van der Waals surface area contributed by atoms with Gasteiger partial charge in [-0.05, 0) is 51.4 Å². The van der Waals surface area contributed by atoms with Gasteiger partial charge in [-0.3, -0.25) is 9.59 Å². The van der Waals surface area contributed by atoms with Gasteiger partial charge in [0, 0.05) is 12.8 Å². The van der Waals surface area contributed by atoms with Crippen LogP contribution in [0.1, 0.15) is 264 Å². The molecule has 2 unspecified atom stereocenters. The molecule has 0 aliphatic rings. The first-order chi connectivity index (χ1) is 28.0. The minimum absolute atomic E-state index is 0.0209. The maximum Gasteiger partial charge on any atom is 0.305 e. The Hall–Kier alpha value is -1.66. The highest BCUT2D eigenvalue weighted by molar-refractivity contribution is 5.76. The molecule has 0 fully saturated rings. The fourth-order valence-corrected chi connectivity index (χ4v) is 7.62. The van der Waals surface area contributed by atoms with Gasteiger partial charge in [0.2, 0.25) is 5.91 Å². The Morgan fingerprint density at radius 3 is 1.40 bits per heavy atom. The number of aliphatic hydroxyl groups excluding tert-OH is 2. The summed E-state index contributed by atoms with van der Waals surface area (Å²) in [5.74, 6) is -0.0695. The Bertz CT molecular complexity index is 889. The maximum atomic E-state index is 12.4. The lowest BCUT2D eigenvalue weighted by atomic mass is 10.0. The van der Waals surface area contributed by atoms with E-state index in [-0.39, 0.29) is 18.5 Å². The smallest absolute Gasteiger partial charge is 0.305 e. The molecule has 0 aliphatic heterocycles. The number of ether oxygens (including phenoxy) is 1. The van der Waals surface area contributed by atoms with Crippen molar-refractivity contribution in [3.63, 3.8) is 0 Å². The molecule has 6 nitrogen and oxygen atoms in total. The highest BCUT2D eigenvalue weighted by atomic mass is 16.5. The SMILES string of the molecule is CCC/C=C\C/C=C\CCCCCCCC(=O)OCCCCCCCCCCCCCCCC(=O)NC(CO)C(O)CCCCCCCCCCCCCCCC. The Labute approximate surface area is 354 Å². The van der Waals surface area contributed by atoms with E-state index in [1.807, 2.05) is 0 Å². The fraction of sp³-hybridized carbons (Fsp3) is 0.882. The Morgan fingerprint density at radius 2 is 0.912 bits per heavy atom. The number of rotatable bonds is 46. The van der Waals surface area contributed by atoms with Crippen LogP contribution in [0.5, 0.6) is 0 Å². The summed E-state index contributed by atoms with van der Waals surface area (Å²) < 4.78 is 5.44. The van der Waals surface area contributed by atoms with Gasteiger partial charge in [0.15, 0.2) is 0 Å². The van der Waals surface area contributed by atoms with Crippen LogP contribution in [0.2, 0.25) is 0 Å². The van der Waals surface area contributed by atoms with Crippen molar-refractivity contribution in [2.24, 2.45) is 0 Å². The third kappa shape index (κ3) is 43.7. The molecule has 0 saturated carbocycles. The van der Waals surface area contributed by atoms with Crippen molar-refractivity contribution >= 4 is 11.9 Å². The van der Waals surface area contributed by atoms with Gasteiger partial charge in [-0.15, -0.1) is 0 Å². The van der Waals surface area contributed by atoms with Gasteiger partial charge in [0.25, 0.3) is 0 Å². The van der Waals surface area contributed by atoms with E-state index in [4.69, 9.17) is 4.74 Å². The second-order valence-electron chi connectivity index (χ2n) is 17.1. The fourth-order valence-electron chi connectivity index (χ4n) is 7.62. The summed E-state index contributed by atoms with van der Waals surface area (Å²) in [5.41, 5.74) is 0. The molecule has 0 spiro atoms. The molecule has 0 saturated heterocycles. The van der Waals surface area contributed by atoms with E-state index in [9.17, 15) is 19.8 Å². The third-order valence-electron chi connectivity index (χ3n) is 11.5. The largest absolute Gasteiger partial charge is 0.466 e. The molecule has 0 aliphatic carbocycles. The molecule has 0 radical (unpaired) electrons. The molecule has 3 N–H and O–H groups in total. The van der Waals surface area contributed by atoms with Crippen molar-refractivity contribution in [2.45, 2.75) is 276 Å². The second kappa shape index (κ2) is 47.0. The highest BCUT2D eigenvalue weighted by Crippen LogP contribution is 2.16. The molecule has 336 valence electrons. The summed E-state index contributed by atoms with van der Waals surface area (Å²) in [6, 6.07) is -0.551. The normalized spacial score (nSPS) is 12.8. The van der Waals surface area contributed by atoms with Crippen LogP contribution in [-0.4, -0.2) is 47.4 Å². The first-order valence-corrected chi connectivity index (χ1v) is 25.1. The number of aliphatic hydroxyl groups is 2. The number of carbonyl (C=O) groups excluding carboxylic acids is 2. The summed E-state index contributed by atoms with van der Waals surface area (Å²) in [7, 11) is 0. The van der Waals surface area contributed by atoms with E-state index in [0.717, 1.165) is 64.2 Å². The number of esters is 1. The van der Waals surface area contributed by atoms with E-state index in [1.165, 1.54) is 167 Å². The second-order valence-corrected chi connectivity index (χ2v) is 17.1. The molecule has 0 bridgehead atoms. The monoisotopic (exact) mass is 804 g/mol. The molecule has 57 heavy (non-hydrogen) atoms. The van der Waals surface area contributed by atoms with Crippen molar-refractivity contribution in [1.82, 2.24) is 5.32 Å². The quantitative estimate of drug-likeness (QED) is 0.0324. The van der Waals surface area contributed by atoms with Crippen LogP contribution >= 0.6 is 0 Å². The summed E-state index contributed by atoms with van der Waals surface area (Å²) in [4.78, 5) is 24.4. The Balaban J connectivity index is 3.46. The summed E-state index contributed by atoms with van der Waals surface area (Å²) in [6.45, 7) is 4.85. The predicted octanol–water partition coefficient (Wildman–Crippen LogP) is 14.7. The number of nitrogens with one attached hydrogen (secondary N) is 1. The Morgan fingerprint density at radius 1 is 0.491 bits per heavy atom. The first kappa shape index (κ1) is 55.3. The average molecular weight is 804 g/mol. The van der Waals surface area contributed by atoms with Gasteiger partial charge < -0.3 is 20.3 Å². The zero-order valence-corrected chi connectivity index (χ0v) is 38.1. The van der Waals surface area contributed by atoms with Crippen LogP contribution in [0.3, 0.4) is 0 Å². The van der Waals surface area contributed by atoms with Gasteiger partial charge in [-0.1, -0.05) is 224 Å². The third-order valence-corrected chi connectivity index (χ3v) is 11.5. The summed E-state index contributed by atoms with van der Waals surface area (Å²) in [5, 5.41) is 23.2. The van der Waals surface area contributed by atoms with Crippen molar-refractivity contribution in [1.29, 1.82) is 0 Å². The highest BCUT2D eigenvalue weighted by Gasteiger charge is 2.20. The van der Waals surface area contributed by atoms with Crippen LogP contribution < -0.4 is 5.32 Å². The number of carbonyl (C=O) groups is 2. The van der Waals surface area contributed by atoms with Crippen LogP contribution in [-0.2, 0) is 14.3 Å². The van der Waals surface area contributed by atoms with E-state index in [0.29, 0.717) is 25.9 Å².